The lowest BCUT2D eigenvalue weighted by Crippen LogP contribution is -2.55. The highest BCUT2D eigenvalue weighted by atomic mass is 32.2. The summed E-state index contributed by atoms with van der Waals surface area (Å²) in [5.41, 5.74) is 0.561. The molecule has 32 heavy (non-hydrogen) atoms. The summed E-state index contributed by atoms with van der Waals surface area (Å²) in [5, 5.41) is 0. The monoisotopic (exact) mass is 463 g/mol. The Kier molecular flexibility index (Phi) is 7.68. The van der Waals surface area contributed by atoms with Crippen LogP contribution in [0.2, 0.25) is 0 Å². The Morgan fingerprint density at radius 2 is 1.59 bits per heavy atom. The van der Waals surface area contributed by atoms with Gasteiger partial charge >= 0.3 is 17.9 Å². The molecule has 10 heteroatoms. The second-order valence-electron chi connectivity index (χ2n) is 7.01. The maximum Gasteiger partial charge on any atom is 0.303 e. The summed E-state index contributed by atoms with van der Waals surface area (Å²) in [6, 6.07) is 9.90. The van der Waals surface area contributed by atoms with Crippen molar-refractivity contribution < 1.29 is 37.7 Å². The Hall–Kier alpha value is -3.14. The normalized spacial score (nSPS) is 22.5. The van der Waals surface area contributed by atoms with Crippen LogP contribution in [0.3, 0.4) is 0 Å². The Morgan fingerprint density at radius 3 is 2.25 bits per heavy atom. The van der Waals surface area contributed by atoms with Crippen LogP contribution in [0, 0.1) is 5.95 Å². The van der Waals surface area contributed by atoms with E-state index >= 15 is 0 Å². The molecular weight excluding hydrogens is 441 g/mol. The molecule has 1 fully saturated rings. The highest BCUT2D eigenvalue weighted by Crippen LogP contribution is 2.35. The average molecular weight is 463 g/mol. The first kappa shape index (κ1) is 23.5. The van der Waals surface area contributed by atoms with Crippen LogP contribution in [0.25, 0.3) is 11.1 Å². The zero-order valence-corrected chi connectivity index (χ0v) is 18.5. The van der Waals surface area contributed by atoms with Gasteiger partial charge in [-0.3, -0.25) is 14.4 Å². The standard InChI is InChI=1S/C22H22FNO7S/c1-12(25)28-18-11-32-22(21(30-14(3)27)20(18)29-13(2)26)31-17-6-4-5-15(9-17)16-7-8-24-19(23)10-16/h4-10,18,20-22H,11H2,1-3H3/t18-,20+,21-,22-/m1/s1. The van der Waals surface area contributed by atoms with Crippen molar-refractivity contribution in [2.45, 2.75) is 44.5 Å². The third-order valence-electron chi connectivity index (χ3n) is 4.45. The van der Waals surface area contributed by atoms with Crippen LogP contribution in [0.1, 0.15) is 20.8 Å². The number of nitrogens with zero attached hydrogens (tertiary/aromatic N) is 1. The van der Waals surface area contributed by atoms with Crippen molar-refractivity contribution in [2.75, 3.05) is 5.75 Å². The van der Waals surface area contributed by atoms with Crippen molar-refractivity contribution >= 4 is 29.7 Å². The van der Waals surface area contributed by atoms with Crippen molar-refractivity contribution in [1.29, 1.82) is 0 Å². The van der Waals surface area contributed by atoms with Crippen molar-refractivity contribution in [3.05, 3.63) is 48.5 Å². The van der Waals surface area contributed by atoms with Crippen LogP contribution in [-0.2, 0) is 28.6 Å². The number of aromatic nitrogens is 1. The number of pyridine rings is 1. The Labute approximate surface area is 188 Å². The molecule has 1 saturated heterocycles. The Bertz CT molecular complexity index is 1000. The molecular formula is C22H22FNO7S. The molecule has 2 heterocycles. The summed E-state index contributed by atoms with van der Waals surface area (Å²) in [7, 11) is 0. The van der Waals surface area contributed by atoms with Crippen LogP contribution < -0.4 is 4.74 Å². The van der Waals surface area contributed by atoms with E-state index in [0.717, 1.165) is 0 Å². The van der Waals surface area contributed by atoms with E-state index in [2.05, 4.69) is 4.98 Å². The molecule has 0 radical (unpaired) electrons. The number of rotatable bonds is 6. The van der Waals surface area contributed by atoms with E-state index in [1.54, 1.807) is 30.3 Å². The molecule has 1 aliphatic rings. The molecule has 3 rings (SSSR count). The highest BCUT2D eigenvalue weighted by molar-refractivity contribution is 7.99. The maximum absolute atomic E-state index is 13.5. The van der Waals surface area contributed by atoms with Gasteiger partial charge in [0, 0.05) is 38.8 Å². The number of hydrogen-bond acceptors (Lipinski definition) is 9. The fourth-order valence-electron chi connectivity index (χ4n) is 3.28. The molecule has 0 amide bonds. The molecule has 1 aromatic heterocycles. The Balaban J connectivity index is 1.87. The smallest absolute Gasteiger partial charge is 0.303 e. The van der Waals surface area contributed by atoms with E-state index in [0.29, 0.717) is 16.9 Å². The minimum atomic E-state index is -1.04. The summed E-state index contributed by atoms with van der Waals surface area (Å²) in [6.45, 7) is 3.68. The summed E-state index contributed by atoms with van der Waals surface area (Å²) in [4.78, 5) is 38.5. The largest absolute Gasteiger partial charge is 0.476 e. The van der Waals surface area contributed by atoms with Gasteiger partial charge in [-0.15, -0.1) is 11.8 Å². The van der Waals surface area contributed by atoms with E-state index in [9.17, 15) is 18.8 Å². The van der Waals surface area contributed by atoms with Gasteiger partial charge < -0.3 is 18.9 Å². The van der Waals surface area contributed by atoms with Crippen molar-refractivity contribution in [3.8, 4) is 16.9 Å². The fraction of sp³-hybridized carbons (Fsp3) is 0.364. The lowest BCUT2D eigenvalue weighted by Gasteiger charge is -2.39. The summed E-state index contributed by atoms with van der Waals surface area (Å²) < 4.78 is 35.6. The summed E-state index contributed by atoms with van der Waals surface area (Å²) in [5.74, 6) is -1.68. The lowest BCUT2D eigenvalue weighted by molar-refractivity contribution is -0.186. The zero-order valence-electron chi connectivity index (χ0n) is 17.6. The van der Waals surface area contributed by atoms with Gasteiger partial charge in [-0.25, -0.2) is 4.98 Å². The van der Waals surface area contributed by atoms with E-state index in [4.69, 9.17) is 18.9 Å². The number of thioether (sulfide) groups is 1. The second kappa shape index (κ2) is 10.4. The molecule has 170 valence electrons. The first-order valence-corrected chi connectivity index (χ1v) is 10.8. The molecule has 4 atom stereocenters. The first-order valence-electron chi connectivity index (χ1n) is 9.75. The number of ether oxygens (including phenoxy) is 4. The Morgan fingerprint density at radius 1 is 0.938 bits per heavy atom. The average Bonchev–Trinajstić information content (AvgIpc) is 2.71. The number of esters is 3. The van der Waals surface area contributed by atoms with E-state index in [-0.39, 0.29) is 5.75 Å². The van der Waals surface area contributed by atoms with Crippen LogP contribution in [0.5, 0.6) is 5.75 Å². The van der Waals surface area contributed by atoms with Crippen molar-refractivity contribution in [2.24, 2.45) is 0 Å². The van der Waals surface area contributed by atoms with Gasteiger partial charge in [0.1, 0.15) is 5.75 Å². The quantitative estimate of drug-likeness (QED) is 0.363. The minimum absolute atomic E-state index is 0.259. The molecule has 0 N–H and O–H groups in total. The molecule has 8 nitrogen and oxygen atoms in total. The lowest BCUT2D eigenvalue weighted by atomic mass is 10.1. The molecule has 0 spiro atoms. The molecule has 0 aliphatic carbocycles. The van der Waals surface area contributed by atoms with Gasteiger partial charge in [0.25, 0.3) is 0 Å². The van der Waals surface area contributed by atoms with Crippen molar-refractivity contribution in [3.63, 3.8) is 0 Å². The van der Waals surface area contributed by atoms with Crippen LogP contribution in [0.4, 0.5) is 4.39 Å². The number of hydrogen-bond donors (Lipinski definition) is 0. The predicted molar refractivity (Wildman–Crippen MR) is 113 cm³/mol. The summed E-state index contributed by atoms with van der Waals surface area (Å²) >= 11 is 1.26. The zero-order chi connectivity index (χ0) is 23.3. The first-order chi connectivity index (χ1) is 15.2. The number of carbonyl (C=O) groups is 3. The molecule has 0 unspecified atom stereocenters. The van der Waals surface area contributed by atoms with E-state index in [1.165, 1.54) is 44.8 Å². The molecule has 1 aromatic carbocycles. The topological polar surface area (TPSA) is 101 Å². The summed E-state index contributed by atoms with van der Waals surface area (Å²) in [6.07, 6.45) is -1.51. The second-order valence-corrected chi connectivity index (χ2v) is 8.14. The van der Waals surface area contributed by atoms with Crippen molar-refractivity contribution in [1.82, 2.24) is 4.98 Å². The van der Waals surface area contributed by atoms with E-state index in [1.807, 2.05) is 0 Å². The van der Waals surface area contributed by atoms with E-state index < -0.39 is 47.6 Å². The molecule has 0 saturated carbocycles. The van der Waals surface area contributed by atoms with Gasteiger partial charge in [0.05, 0.1) is 0 Å². The third-order valence-corrected chi connectivity index (χ3v) is 5.66. The molecule has 0 bridgehead atoms. The minimum Gasteiger partial charge on any atom is -0.476 e. The number of benzene rings is 1. The van der Waals surface area contributed by atoms with Gasteiger partial charge in [0.15, 0.2) is 23.7 Å². The SMILES string of the molecule is CC(=O)O[C@@H]1[C@@H](OC(C)=O)[C@H](OC(C)=O)CS[C@H]1Oc1cccc(-c2ccnc(F)c2)c1. The highest BCUT2D eigenvalue weighted by Gasteiger charge is 2.47. The van der Waals surface area contributed by atoms with Gasteiger partial charge in [-0.1, -0.05) is 12.1 Å². The predicted octanol–water partition coefficient (Wildman–Crippen LogP) is 3.13. The molecule has 2 aromatic rings. The fourth-order valence-corrected chi connectivity index (χ4v) is 4.49. The number of halogens is 1. The number of carbonyl (C=O) groups excluding carboxylic acids is 3. The van der Waals surface area contributed by atoms with Gasteiger partial charge in [0.2, 0.25) is 5.95 Å². The van der Waals surface area contributed by atoms with Crippen LogP contribution in [-0.4, -0.2) is 52.4 Å². The van der Waals surface area contributed by atoms with Gasteiger partial charge in [-0.2, -0.15) is 4.39 Å². The van der Waals surface area contributed by atoms with Crippen LogP contribution in [0.15, 0.2) is 42.6 Å². The third kappa shape index (κ3) is 6.19. The molecule has 1 aliphatic heterocycles. The van der Waals surface area contributed by atoms with Crippen LogP contribution >= 0.6 is 11.8 Å². The van der Waals surface area contributed by atoms with Gasteiger partial charge in [-0.05, 0) is 29.3 Å². The maximum atomic E-state index is 13.5.